The first kappa shape index (κ1) is 35.6. The molecule has 0 N–H and O–H groups in total. The van der Waals surface area contributed by atoms with Crippen molar-refractivity contribution in [3.8, 4) is 0 Å². The third kappa shape index (κ3) is 18.6. The minimum atomic E-state index is 1.05. The lowest BCUT2D eigenvalue weighted by atomic mass is 10.0. The first-order valence-corrected chi connectivity index (χ1v) is 18.5. The molecule has 1 aromatic heterocycles. The molecule has 0 atom stereocenters. The lowest BCUT2D eigenvalue weighted by molar-refractivity contribution is -0.703. The molecule has 234 valence electrons. The molecular weight excluding hydrogens is 496 g/mol. The Hall–Kier alpha value is -1.57. The Labute approximate surface area is 256 Å². The van der Waals surface area contributed by atoms with E-state index in [1.54, 1.807) is 0 Å². The maximum atomic E-state index is 2.56. The summed E-state index contributed by atoms with van der Waals surface area (Å²) in [5.41, 5.74) is 1.43. The Bertz CT molecular complexity index is 808. The highest BCUT2D eigenvalue weighted by Crippen LogP contribution is 2.15. The van der Waals surface area contributed by atoms with Crippen LogP contribution in [0.1, 0.15) is 186 Å². The van der Waals surface area contributed by atoms with Gasteiger partial charge < -0.3 is 0 Å². The molecule has 0 spiro atoms. The largest absolute Gasteiger partial charge is 0.260 e. The van der Waals surface area contributed by atoms with Crippen LogP contribution in [0.2, 0.25) is 0 Å². The molecule has 0 aliphatic heterocycles. The van der Waals surface area contributed by atoms with E-state index in [1.165, 1.54) is 185 Å². The Morgan fingerprint density at radius 2 is 0.902 bits per heavy atom. The lowest BCUT2D eigenvalue weighted by Crippen LogP contribution is -2.37. The Morgan fingerprint density at radius 3 is 1.37 bits per heavy atom. The van der Waals surface area contributed by atoms with Crippen LogP contribution in [0.5, 0.6) is 0 Å². The molecule has 0 aliphatic carbocycles. The van der Waals surface area contributed by atoms with E-state index < -0.39 is 0 Å². The van der Waals surface area contributed by atoms with E-state index >= 15 is 0 Å². The number of unbranched alkanes of at least 4 members (excludes halogenated alkanes) is 23. The number of hydrogen-bond acceptors (Lipinski definition) is 0. The maximum absolute atomic E-state index is 2.56. The first-order valence-electron chi connectivity index (χ1n) is 18.5. The molecular formula is C39H69N2+. The number of hydrogen-bond donors (Lipinski definition) is 0. The second-order valence-electron chi connectivity index (χ2n) is 12.9. The summed E-state index contributed by atoms with van der Waals surface area (Å²) in [7, 11) is 0. The molecule has 2 rings (SSSR count). The van der Waals surface area contributed by atoms with Gasteiger partial charge in [0.2, 0.25) is 0 Å². The Balaban J connectivity index is 1.61. The van der Waals surface area contributed by atoms with Crippen LogP contribution in [0.15, 0.2) is 42.7 Å². The number of aromatic nitrogens is 2. The molecule has 0 saturated carbocycles. The van der Waals surface area contributed by atoms with Gasteiger partial charge in [-0.05, 0) is 31.2 Å². The summed E-state index contributed by atoms with van der Waals surface area (Å²) in [6.07, 6.45) is 41.2. The molecule has 0 radical (unpaired) electrons. The van der Waals surface area contributed by atoms with Gasteiger partial charge in [0, 0.05) is 0 Å². The van der Waals surface area contributed by atoms with Crippen molar-refractivity contribution in [3.63, 3.8) is 0 Å². The molecule has 2 heteroatoms. The second-order valence-corrected chi connectivity index (χ2v) is 12.9. The van der Waals surface area contributed by atoms with Crippen molar-refractivity contribution in [3.05, 3.63) is 54.1 Å². The van der Waals surface area contributed by atoms with Gasteiger partial charge in [0.15, 0.2) is 0 Å². The number of nitrogens with zero attached hydrogens (tertiary/aromatic N) is 2. The standard InChI is InChI=1S/C39H69N2/c1-3-5-7-9-11-13-15-17-19-21-23-25-30-34-41-36-35-40(39(41)37-38-31-27-26-28-32-38)33-29-24-22-20-18-16-14-12-10-8-6-4-2/h26-28,31-32,35-36H,3-25,29-30,33-34,37H2,1-2H3/q+1. The minimum absolute atomic E-state index is 1.05. The molecule has 1 aromatic carbocycles. The van der Waals surface area contributed by atoms with Gasteiger partial charge in [-0.25, -0.2) is 9.13 Å². The van der Waals surface area contributed by atoms with Crippen LogP contribution >= 0.6 is 0 Å². The molecule has 2 aromatic rings. The van der Waals surface area contributed by atoms with Crippen LogP contribution in [0.25, 0.3) is 0 Å². The lowest BCUT2D eigenvalue weighted by Gasteiger charge is -2.07. The van der Waals surface area contributed by atoms with E-state index in [-0.39, 0.29) is 0 Å². The van der Waals surface area contributed by atoms with Crippen LogP contribution in [0.3, 0.4) is 0 Å². The average molecular weight is 566 g/mol. The van der Waals surface area contributed by atoms with E-state index in [9.17, 15) is 0 Å². The monoisotopic (exact) mass is 566 g/mol. The van der Waals surface area contributed by atoms with Crippen molar-refractivity contribution in [2.75, 3.05) is 0 Å². The van der Waals surface area contributed by atoms with E-state index in [0.717, 1.165) is 6.42 Å². The van der Waals surface area contributed by atoms with Crippen molar-refractivity contribution >= 4 is 0 Å². The van der Waals surface area contributed by atoms with Gasteiger partial charge in [-0.2, -0.15) is 0 Å². The highest BCUT2D eigenvalue weighted by molar-refractivity contribution is 5.18. The maximum Gasteiger partial charge on any atom is 0.260 e. The number of rotatable bonds is 29. The van der Waals surface area contributed by atoms with Gasteiger partial charge in [-0.15, -0.1) is 0 Å². The van der Waals surface area contributed by atoms with Gasteiger partial charge in [0.1, 0.15) is 12.4 Å². The third-order valence-corrected chi connectivity index (χ3v) is 9.05. The van der Waals surface area contributed by atoms with Gasteiger partial charge in [0.05, 0.1) is 19.5 Å². The highest BCUT2D eigenvalue weighted by atomic mass is 15.1. The predicted molar refractivity (Wildman–Crippen MR) is 181 cm³/mol. The second kappa shape index (κ2) is 26.1. The van der Waals surface area contributed by atoms with E-state index in [2.05, 4.69) is 65.7 Å². The molecule has 0 unspecified atom stereocenters. The molecule has 0 bridgehead atoms. The summed E-state index contributed by atoms with van der Waals surface area (Å²) >= 11 is 0. The minimum Gasteiger partial charge on any atom is -0.234 e. The van der Waals surface area contributed by atoms with E-state index in [0.29, 0.717) is 0 Å². The van der Waals surface area contributed by atoms with Crippen LogP contribution in [0.4, 0.5) is 0 Å². The zero-order chi connectivity index (χ0) is 29.1. The van der Waals surface area contributed by atoms with Gasteiger partial charge >= 0.3 is 0 Å². The molecule has 0 fully saturated rings. The van der Waals surface area contributed by atoms with E-state index in [1.807, 2.05) is 0 Å². The van der Waals surface area contributed by atoms with Crippen molar-refractivity contribution < 1.29 is 4.57 Å². The number of aryl methyl sites for hydroxylation is 2. The van der Waals surface area contributed by atoms with Crippen molar-refractivity contribution in [2.24, 2.45) is 0 Å². The van der Waals surface area contributed by atoms with Gasteiger partial charge in [0.25, 0.3) is 5.82 Å². The highest BCUT2D eigenvalue weighted by Gasteiger charge is 2.17. The summed E-state index contributed by atoms with van der Waals surface area (Å²) in [6, 6.07) is 11.1. The van der Waals surface area contributed by atoms with Crippen LogP contribution in [-0.2, 0) is 19.5 Å². The summed E-state index contributed by atoms with van der Waals surface area (Å²) in [5, 5.41) is 0. The third-order valence-electron chi connectivity index (χ3n) is 9.05. The topological polar surface area (TPSA) is 8.81 Å². The number of imidazole rings is 1. The van der Waals surface area contributed by atoms with E-state index in [4.69, 9.17) is 0 Å². The summed E-state index contributed by atoms with van der Waals surface area (Å²) in [6.45, 7) is 6.95. The first-order chi connectivity index (χ1) is 20.3. The molecule has 0 aliphatic rings. The van der Waals surface area contributed by atoms with Crippen molar-refractivity contribution in [2.45, 2.75) is 194 Å². The summed E-state index contributed by atoms with van der Waals surface area (Å²) < 4.78 is 5.12. The summed E-state index contributed by atoms with van der Waals surface area (Å²) in [5.74, 6) is 1.50. The molecule has 41 heavy (non-hydrogen) atoms. The average Bonchev–Trinajstić information content (AvgIpc) is 3.37. The predicted octanol–water partition coefficient (Wildman–Crippen LogP) is 12.2. The number of benzene rings is 1. The summed E-state index contributed by atoms with van der Waals surface area (Å²) in [4.78, 5) is 0. The molecule has 1 heterocycles. The van der Waals surface area contributed by atoms with Crippen molar-refractivity contribution in [1.82, 2.24) is 4.57 Å². The SMILES string of the molecule is CCCCCCCCCCCCCCC[n+]1ccn(CCCCCCCCCCCCCC)c1Cc1ccccc1. The van der Waals surface area contributed by atoms with Crippen LogP contribution < -0.4 is 4.57 Å². The van der Waals surface area contributed by atoms with Gasteiger partial charge in [-0.1, -0.05) is 179 Å². The van der Waals surface area contributed by atoms with Gasteiger partial charge in [-0.3, -0.25) is 0 Å². The normalized spacial score (nSPS) is 11.5. The fourth-order valence-corrected chi connectivity index (χ4v) is 6.31. The quantitative estimate of drug-likeness (QED) is 0.0685. The Kier molecular flexibility index (Phi) is 22.7. The van der Waals surface area contributed by atoms with Crippen LogP contribution in [0, 0.1) is 0 Å². The zero-order valence-electron chi connectivity index (χ0n) is 27.7. The van der Waals surface area contributed by atoms with Crippen LogP contribution in [-0.4, -0.2) is 4.57 Å². The smallest absolute Gasteiger partial charge is 0.234 e. The fourth-order valence-electron chi connectivity index (χ4n) is 6.31. The van der Waals surface area contributed by atoms with Crippen molar-refractivity contribution in [1.29, 1.82) is 0 Å². The fraction of sp³-hybridized carbons (Fsp3) is 0.769. The Morgan fingerprint density at radius 1 is 0.488 bits per heavy atom. The molecule has 0 amide bonds. The zero-order valence-corrected chi connectivity index (χ0v) is 27.7. The molecule has 2 nitrogen and oxygen atoms in total. The molecule has 0 saturated heterocycles.